The molecular formula is C28H21ClI2N2O4S2. The zero-order valence-electron chi connectivity index (χ0n) is 20.7. The summed E-state index contributed by atoms with van der Waals surface area (Å²) in [5, 5.41) is 2.60. The summed E-state index contributed by atoms with van der Waals surface area (Å²) in [5.74, 6) is 0.310. The van der Waals surface area contributed by atoms with Gasteiger partial charge in [-0.3, -0.25) is 9.36 Å². The van der Waals surface area contributed by atoms with Crippen LogP contribution in [0.3, 0.4) is 0 Å². The van der Waals surface area contributed by atoms with Gasteiger partial charge in [-0.25, -0.2) is 9.79 Å². The number of hydrogen-bond acceptors (Lipinski definition) is 7. The zero-order chi connectivity index (χ0) is 27.7. The molecule has 0 spiro atoms. The van der Waals surface area contributed by atoms with Crippen molar-refractivity contribution in [2.45, 2.75) is 26.5 Å². The number of allylic oxidation sites excluding steroid dienone is 1. The molecule has 0 aliphatic carbocycles. The molecule has 1 aliphatic heterocycles. The van der Waals surface area contributed by atoms with Crippen LogP contribution in [0.1, 0.15) is 35.9 Å². The third kappa shape index (κ3) is 5.90. The van der Waals surface area contributed by atoms with E-state index in [-0.39, 0.29) is 12.2 Å². The summed E-state index contributed by atoms with van der Waals surface area (Å²) < 4.78 is 15.4. The van der Waals surface area contributed by atoms with Gasteiger partial charge in [0.05, 0.1) is 29.5 Å². The second-order valence-corrected chi connectivity index (χ2v) is 13.2. The Morgan fingerprint density at radius 1 is 1.18 bits per heavy atom. The van der Waals surface area contributed by atoms with Gasteiger partial charge in [0.25, 0.3) is 5.56 Å². The van der Waals surface area contributed by atoms with Gasteiger partial charge in [-0.05, 0) is 100 Å². The number of ether oxygens (including phenoxy) is 2. The molecule has 1 atom stereocenters. The first-order chi connectivity index (χ1) is 18.8. The highest BCUT2D eigenvalue weighted by Gasteiger charge is 2.33. The van der Waals surface area contributed by atoms with E-state index in [2.05, 4.69) is 50.2 Å². The minimum atomic E-state index is -0.580. The molecule has 0 bridgehead atoms. The molecule has 11 heteroatoms. The summed E-state index contributed by atoms with van der Waals surface area (Å²) in [7, 11) is 0. The summed E-state index contributed by atoms with van der Waals surface area (Å²) in [4.78, 5) is 32.7. The maximum atomic E-state index is 13.8. The van der Waals surface area contributed by atoms with Gasteiger partial charge in [0.2, 0.25) is 0 Å². The molecule has 2 aromatic carbocycles. The number of carbonyl (C=O) groups is 1. The van der Waals surface area contributed by atoms with E-state index in [0.717, 1.165) is 28.9 Å². The Bertz CT molecular complexity index is 1750. The molecule has 6 nitrogen and oxygen atoms in total. The predicted octanol–water partition coefficient (Wildman–Crippen LogP) is 6.30. The predicted molar refractivity (Wildman–Crippen MR) is 172 cm³/mol. The SMILES string of the molecule is CCOC(=O)C1=C(C)N=c2s/c(=C/c3cc(I)c(OCc4ccccc4Cl)c(I)c3)c(=O)n2C1c1cccs1. The number of nitrogens with zero attached hydrogens (tertiary/aromatic N) is 2. The van der Waals surface area contributed by atoms with E-state index in [0.29, 0.717) is 32.2 Å². The van der Waals surface area contributed by atoms with Crippen LogP contribution in [0, 0.1) is 7.14 Å². The second-order valence-electron chi connectivity index (χ2n) is 8.51. The highest BCUT2D eigenvalue weighted by Crippen LogP contribution is 2.33. The van der Waals surface area contributed by atoms with Crippen molar-refractivity contribution in [3.63, 3.8) is 0 Å². The van der Waals surface area contributed by atoms with Crippen molar-refractivity contribution in [1.82, 2.24) is 4.57 Å². The lowest BCUT2D eigenvalue weighted by Crippen LogP contribution is -2.39. The first-order valence-corrected chi connectivity index (χ1v) is 16.1. The monoisotopic (exact) mass is 802 g/mol. The fraction of sp³-hybridized carbons (Fsp3) is 0.179. The van der Waals surface area contributed by atoms with Gasteiger partial charge < -0.3 is 9.47 Å². The lowest BCUT2D eigenvalue weighted by Gasteiger charge is -2.23. The summed E-state index contributed by atoms with van der Waals surface area (Å²) in [5.41, 5.74) is 2.53. The van der Waals surface area contributed by atoms with Crippen LogP contribution in [0.2, 0.25) is 5.02 Å². The Hall–Kier alpha value is -2.00. The van der Waals surface area contributed by atoms with Crippen molar-refractivity contribution in [3.05, 3.63) is 113 Å². The molecule has 5 rings (SSSR count). The van der Waals surface area contributed by atoms with E-state index < -0.39 is 12.0 Å². The van der Waals surface area contributed by atoms with Gasteiger partial charge in [-0.2, -0.15) is 0 Å². The van der Waals surface area contributed by atoms with Gasteiger partial charge in [0.1, 0.15) is 18.4 Å². The minimum absolute atomic E-state index is 0.199. The largest absolute Gasteiger partial charge is 0.487 e. The smallest absolute Gasteiger partial charge is 0.338 e. The molecule has 3 heterocycles. The number of aromatic nitrogens is 1. The Morgan fingerprint density at radius 3 is 2.59 bits per heavy atom. The number of fused-ring (bicyclic) bond motifs is 1. The average Bonchev–Trinajstić information content (AvgIpc) is 3.52. The van der Waals surface area contributed by atoms with Crippen LogP contribution in [0.15, 0.2) is 75.0 Å². The molecule has 1 unspecified atom stereocenters. The second kappa shape index (κ2) is 12.2. The quantitative estimate of drug-likeness (QED) is 0.163. The lowest BCUT2D eigenvalue weighted by atomic mass is 10.0. The van der Waals surface area contributed by atoms with Gasteiger partial charge in [-0.1, -0.05) is 47.2 Å². The Balaban J connectivity index is 1.54. The number of benzene rings is 2. The molecule has 0 amide bonds. The van der Waals surface area contributed by atoms with Crippen molar-refractivity contribution in [2.75, 3.05) is 6.61 Å². The molecule has 0 saturated heterocycles. The summed E-state index contributed by atoms with van der Waals surface area (Å²) in [6, 6.07) is 14.8. The van der Waals surface area contributed by atoms with Crippen molar-refractivity contribution in [2.24, 2.45) is 4.99 Å². The molecule has 200 valence electrons. The number of hydrogen-bond donors (Lipinski definition) is 0. The fourth-order valence-electron chi connectivity index (χ4n) is 4.22. The van der Waals surface area contributed by atoms with E-state index >= 15 is 0 Å². The first-order valence-electron chi connectivity index (χ1n) is 11.9. The van der Waals surface area contributed by atoms with Crippen molar-refractivity contribution in [3.8, 4) is 5.75 Å². The molecule has 1 aliphatic rings. The van der Waals surface area contributed by atoms with Gasteiger partial charge in [0.15, 0.2) is 4.80 Å². The van der Waals surface area contributed by atoms with Crippen LogP contribution in [-0.2, 0) is 16.1 Å². The van der Waals surface area contributed by atoms with Crippen LogP contribution in [0.5, 0.6) is 5.75 Å². The topological polar surface area (TPSA) is 69.9 Å². The summed E-state index contributed by atoms with van der Waals surface area (Å²) >= 11 is 13.6. The number of thiazole rings is 1. The lowest BCUT2D eigenvalue weighted by molar-refractivity contribution is -0.139. The molecule has 39 heavy (non-hydrogen) atoms. The van der Waals surface area contributed by atoms with E-state index in [1.165, 1.54) is 22.7 Å². The van der Waals surface area contributed by atoms with Crippen molar-refractivity contribution < 1.29 is 14.3 Å². The van der Waals surface area contributed by atoms with Crippen LogP contribution in [-0.4, -0.2) is 17.1 Å². The molecule has 0 saturated carbocycles. The number of carbonyl (C=O) groups excluding carboxylic acids is 1. The van der Waals surface area contributed by atoms with E-state index in [1.54, 1.807) is 18.4 Å². The number of thiophene rings is 1. The highest BCUT2D eigenvalue weighted by molar-refractivity contribution is 14.1. The Labute approximate surface area is 264 Å². The standard InChI is InChI=1S/C28H21ClI2N2O4S2/c1-3-36-27(35)23-15(2)32-28-33(24(23)21-9-6-10-38-21)26(34)22(39-28)13-16-11-19(30)25(20(31)12-16)37-14-17-7-4-5-8-18(17)29/h4-13,24H,3,14H2,1-2H3/b22-13+. The third-order valence-electron chi connectivity index (χ3n) is 5.98. The van der Waals surface area contributed by atoms with E-state index in [1.807, 2.05) is 60.0 Å². The molecule has 4 aromatic rings. The molecule has 0 N–H and O–H groups in total. The summed E-state index contributed by atoms with van der Waals surface area (Å²) in [6.07, 6.45) is 1.86. The van der Waals surface area contributed by atoms with Crippen LogP contribution < -0.4 is 19.6 Å². The van der Waals surface area contributed by atoms with Gasteiger partial charge in [-0.15, -0.1) is 11.3 Å². The van der Waals surface area contributed by atoms with E-state index in [4.69, 9.17) is 21.1 Å². The van der Waals surface area contributed by atoms with E-state index in [9.17, 15) is 9.59 Å². The third-order valence-corrected chi connectivity index (χ3v) is 9.86. The van der Waals surface area contributed by atoms with Crippen LogP contribution in [0.4, 0.5) is 0 Å². The van der Waals surface area contributed by atoms with Crippen molar-refractivity contribution >= 4 is 91.5 Å². The fourth-order valence-corrected chi connectivity index (χ4v) is 8.41. The van der Waals surface area contributed by atoms with Gasteiger partial charge in [0, 0.05) is 15.5 Å². The molecular weight excluding hydrogens is 782 g/mol. The first kappa shape index (κ1) is 28.5. The molecule has 2 aromatic heterocycles. The zero-order valence-corrected chi connectivity index (χ0v) is 27.4. The Kier molecular flexibility index (Phi) is 8.96. The van der Waals surface area contributed by atoms with Gasteiger partial charge >= 0.3 is 5.97 Å². The average molecular weight is 803 g/mol. The van der Waals surface area contributed by atoms with Crippen LogP contribution >= 0.6 is 79.5 Å². The van der Waals surface area contributed by atoms with Crippen LogP contribution in [0.25, 0.3) is 6.08 Å². The molecule has 0 radical (unpaired) electrons. The highest BCUT2D eigenvalue weighted by atomic mass is 127. The maximum absolute atomic E-state index is 13.8. The number of esters is 1. The minimum Gasteiger partial charge on any atom is -0.487 e. The maximum Gasteiger partial charge on any atom is 0.338 e. The Morgan fingerprint density at radius 2 is 1.92 bits per heavy atom. The number of rotatable bonds is 7. The normalized spacial score (nSPS) is 15.2. The van der Waals surface area contributed by atoms with Crippen molar-refractivity contribution in [1.29, 1.82) is 0 Å². The summed E-state index contributed by atoms with van der Waals surface area (Å²) in [6.45, 7) is 4.15. The number of halogens is 3. The molecule has 0 fully saturated rings.